The van der Waals surface area contributed by atoms with E-state index in [1.165, 1.54) is 4.68 Å². The van der Waals surface area contributed by atoms with Crippen molar-refractivity contribution in [3.8, 4) is 0 Å². The van der Waals surface area contributed by atoms with Crippen LogP contribution < -0.4 is 5.56 Å². The third-order valence-corrected chi connectivity index (χ3v) is 6.72. The second kappa shape index (κ2) is 8.06. The number of fused-ring (bicyclic) bond motifs is 3. The van der Waals surface area contributed by atoms with E-state index in [9.17, 15) is 14.4 Å². The molecule has 8 nitrogen and oxygen atoms in total. The number of benzene rings is 1. The number of carbonyl (C=O) groups is 2. The van der Waals surface area contributed by atoms with E-state index < -0.39 is 6.04 Å². The minimum absolute atomic E-state index is 0.175. The summed E-state index contributed by atoms with van der Waals surface area (Å²) in [4.78, 5) is 41.5. The van der Waals surface area contributed by atoms with Gasteiger partial charge < -0.3 is 14.5 Å². The van der Waals surface area contributed by atoms with Gasteiger partial charge in [0.25, 0.3) is 5.56 Å². The Morgan fingerprint density at radius 3 is 2.53 bits per heavy atom. The number of ether oxygens (including phenoxy) is 1. The molecule has 1 unspecified atom stereocenters. The van der Waals surface area contributed by atoms with Gasteiger partial charge in [0.15, 0.2) is 0 Å². The molecule has 2 amide bonds. The first-order valence-corrected chi connectivity index (χ1v) is 10.8. The van der Waals surface area contributed by atoms with Gasteiger partial charge in [-0.15, -0.1) is 11.3 Å². The van der Waals surface area contributed by atoms with Crippen LogP contribution in [0.25, 0.3) is 20.2 Å². The van der Waals surface area contributed by atoms with Gasteiger partial charge in [0.05, 0.1) is 22.4 Å². The quantitative estimate of drug-likeness (QED) is 0.640. The predicted octanol–water partition coefficient (Wildman–Crippen LogP) is 2.78. The summed E-state index contributed by atoms with van der Waals surface area (Å²) in [6.07, 6.45) is -0.360. The molecule has 1 aromatic carbocycles. The smallest absolute Gasteiger partial charge is 0.409 e. The van der Waals surface area contributed by atoms with E-state index in [-0.39, 0.29) is 17.6 Å². The Bertz CT molecular complexity index is 1180. The first kappa shape index (κ1) is 20.3. The van der Waals surface area contributed by atoms with Gasteiger partial charge in [0, 0.05) is 36.3 Å². The summed E-state index contributed by atoms with van der Waals surface area (Å²) < 4.78 is 8.21. The number of nitrogens with zero attached hydrogens (tertiary/aromatic N) is 4. The fourth-order valence-electron chi connectivity index (χ4n) is 3.84. The molecule has 0 saturated carbocycles. The van der Waals surface area contributed by atoms with Crippen molar-refractivity contribution < 1.29 is 14.3 Å². The van der Waals surface area contributed by atoms with Gasteiger partial charge >= 0.3 is 6.09 Å². The van der Waals surface area contributed by atoms with Crippen LogP contribution in [0.15, 0.2) is 29.1 Å². The number of carbonyl (C=O) groups excluding carboxylic acids is 2. The molecule has 1 atom stereocenters. The van der Waals surface area contributed by atoms with Crippen LogP contribution in [0.3, 0.4) is 0 Å². The molecule has 1 fully saturated rings. The number of thiophene rings is 1. The Balaban J connectivity index is 1.60. The maximum Gasteiger partial charge on any atom is 0.409 e. The van der Waals surface area contributed by atoms with Crippen molar-refractivity contribution in [2.24, 2.45) is 0 Å². The fraction of sp³-hybridized carbons (Fsp3) is 0.429. The van der Waals surface area contributed by atoms with Crippen molar-refractivity contribution >= 4 is 43.5 Å². The Morgan fingerprint density at radius 1 is 1.17 bits per heavy atom. The van der Waals surface area contributed by atoms with Crippen LogP contribution in [0.4, 0.5) is 4.79 Å². The van der Waals surface area contributed by atoms with E-state index in [2.05, 4.69) is 5.10 Å². The molecule has 0 N–H and O–H groups in total. The van der Waals surface area contributed by atoms with Crippen LogP contribution in [0.5, 0.6) is 0 Å². The van der Waals surface area contributed by atoms with Crippen LogP contribution in [0, 0.1) is 6.92 Å². The van der Waals surface area contributed by atoms with Crippen molar-refractivity contribution in [3.05, 3.63) is 40.3 Å². The summed E-state index contributed by atoms with van der Waals surface area (Å²) in [6.45, 7) is 7.28. The number of hydrogen-bond donors (Lipinski definition) is 0. The minimum Gasteiger partial charge on any atom is -0.450 e. The zero-order chi connectivity index (χ0) is 21.4. The minimum atomic E-state index is -0.728. The van der Waals surface area contributed by atoms with Crippen molar-refractivity contribution in [2.75, 3.05) is 32.8 Å². The van der Waals surface area contributed by atoms with Gasteiger partial charge in [-0.05, 0) is 26.8 Å². The van der Waals surface area contributed by atoms with Gasteiger partial charge in [-0.25, -0.2) is 9.48 Å². The molecule has 0 aliphatic carbocycles. The van der Waals surface area contributed by atoms with Crippen LogP contribution in [-0.4, -0.2) is 64.4 Å². The van der Waals surface area contributed by atoms with E-state index in [1.807, 2.05) is 31.2 Å². The molecule has 1 aliphatic heterocycles. The Hall–Kier alpha value is -2.94. The third kappa shape index (κ3) is 3.43. The molecule has 3 heterocycles. The van der Waals surface area contributed by atoms with E-state index in [4.69, 9.17) is 4.74 Å². The van der Waals surface area contributed by atoms with Crippen LogP contribution >= 0.6 is 11.3 Å². The van der Waals surface area contributed by atoms with Gasteiger partial charge in [-0.2, -0.15) is 5.10 Å². The van der Waals surface area contributed by atoms with E-state index in [1.54, 1.807) is 35.0 Å². The SMILES string of the molecule is CCOC(=O)N1CCN(C(=O)C(C)n2nc(C)c3sc4ccccc4c3c2=O)CC1. The summed E-state index contributed by atoms with van der Waals surface area (Å²) in [5.41, 5.74) is 0.483. The summed E-state index contributed by atoms with van der Waals surface area (Å²) >= 11 is 1.55. The lowest BCUT2D eigenvalue weighted by atomic mass is 10.2. The highest BCUT2D eigenvalue weighted by molar-refractivity contribution is 7.26. The largest absolute Gasteiger partial charge is 0.450 e. The summed E-state index contributed by atoms with van der Waals surface area (Å²) in [5.74, 6) is -0.175. The number of aromatic nitrogens is 2. The van der Waals surface area contributed by atoms with Crippen molar-refractivity contribution in [1.82, 2.24) is 19.6 Å². The van der Waals surface area contributed by atoms with Crippen molar-refractivity contribution in [2.45, 2.75) is 26.8 Å². The van der Waals surface area contributed by atoms with E-state index in [0.29, 0.717) is 38.2 Å². The predicted molar refractivity (Wildman–Crippen MR) is 116 cm³/mol. The average molecular weight is 429 g/mol. The number of rotatable bonds is 3. The van der Waals surface area contributed by atoms with Gasteiger partial charge in [-0.1, -0.05) is 18.2 Å². The second-order valence-corrected chi connectivity index (χ2v) is 8.38. The maximum atomic E-state index is 13.3. The van der Waals surface area contributed by atoms with Gasteiger partial charge in [0.1, 0.15) is 6.04 Å². The second-order valence-electron chi connectivity index (χ2n) is 7.32. The van der Waals surface area contributed by atoms with Crippen LogP contribution in [0.2, 0.25) is 0 Å². The van der Waals surface area contributed by atoms with Crippen LogP contribution in [-0.2, 0) is 9.53 Å². The monoisotopic (exact) mass is 428 g/mol. The Kier molecular flexibility index (Phi) is 5.46. The molecule has 3 aromatic rings. The molecule has 1 saturated heterocycles. The topological polar surface area (TPSA) is 84.7 Å². The van der Waals surface area contributed by atoms with Gasteiger partial charge in [-0.3, -0.25) is 9.59 Å². The molecule has 0 radical (unpaired) electrons. The first-order valence-electron chi connectivity index (χ1n) is 10.0. The fourth-order valence-corrected chi connectivity index (χ4v) is 4.97. The third-order valence-electron chi connectivity index (χ3n) is 5.45. The lowest BCUT2D eigenvalue weighted by Crippen LogP contribution is -2.52. The van der Waals surface area contributed by atoms with Crippen molar-refractivity contribution in [3.63, 3.8) is 0 Å². The highest BCUT2D eigenvalue weighted by Gasteiger charge is 2.30. The molecule has 0 spiro atoms. The van der Waals surface area contributed by atoms with Gasteiger partial charge in [0.2, 0.25) is 5.91 Å². The zero-order valence-electron chi connectivity index (χ0n) is 17.3. The van der Waals surface area contributed by atoms with Crippen LogP contribution in [0.1, 0.15) is 25.6 Å². The lowest BCUT2D eigenvalue weighted by Gasteiger charge is -2.35. The standard InChI is InChI=1S/C21H24N4O4S/c1-4-29-21(28)24-11-9-23(10-12-24)19(26)14(3)25-20(27)17-15-7-5-6-8-16(15)30-18(17)13(2)22-25/h5-8,14H,4,9-12H2,1-3H3. The molecule has 1 aliphatic rings. The number of aryl methyl sites for hydroxylation is 1. The Morgan fingerprint density at radius 2 is 1.83 bits per heavy atom. The highest BCUT2D eigenvalue weighted by Crippen LogP contribution is 2.33. The number of hydrogen-bond acceptors (Lipinski definition) is 6. The molecule has 158 valence electrons. The molecular weight excluding hydrogens is 404 g/mol. The molecule has 2 aromatic heterocycles. The summed E-state index contributed by atoms with van der Waals surface area (Å²) in [5, 5.41) is 5.98. The Labute approximate surface area is 177 Å². The summed E-state index contributed by atoms with van der Waals surface area (Å²) in [7, 11) is 0. The normalized spacial score (nSPS) is 15.6. The average Bonchev–Trinajstić information content (AvgIpc) is 3.16. The number of amides is 2. The maximum absolute atomic E-state index is 13.3. The number of piperazine rings is 1. The highest BCUT2D eigenvalue weighted by atomic mass is 32.1. The first-order chi connectivity index (χ1) is 14.4. The van der Waals surface area contributed by atoms with Crippen molar-refractivity contribution in [1.29, 1.82) is 0 Å². The molecule has 9 heteroatoms. The molecule has 0 bridgehead atoms. The molecule has 4 rings (SSSR count). The van der Waals surface area contributed by atoms with E-state index in [0.717, 1.165) is 20.5 Å². The molecule has 30 heavy (non-hydrogen) atoms. The molecular formula is C21H24N4O4S. The zero-order valence-corrected chi connectivity index (χ0v) is 18.1. The lowest BCUT2D eigenvalue weighted by molar-refractivity contribution is -0.136. The summed E-state index contributed by atoms with van der Waals surface area (Å²) in [6, 6.07) is 7.04. The van der Waals surface area contributed by atoms with E-state index >= 15 is 0 Å².